The SMILES string of the molecule is COc1ncccc1CC(C)(C)CBr. The van der Waals surface area contributed by atoms with Gasteiger partial charge in [-0.25, -0.2) is 4.98 Å². The first-order valence-corrected chi connectivity index (χ1v) is 5.75. The second-order valence-corrected chi connectivity index (χ2v) is 4.71. The van der Waals surface area contributed by atoms with Crippen molar-refractivity contribution in [2.24, 2.45) is 5.41 Å². The Morgan fingerprint density at radius 3 is 2.79 bits per heavy atom. The number of methoxy groups -OCH3 is 1. The summed E-state index contributed by atoms with van der Waals surface area (Å²) in [5, 5.41) is 0.970. The molecule has 0 aliphatic carbocycles. The van der Waals surface area contributed by atoms with E-state index < -0.39 is 0 Å². The van der Waals surface area contributed by atoms with Gasteiger partial charge in [0.25, 0.3) is 0 Å². The average molecular weight is 258 g/mol. The Morgan fingerprint density at radius 1 is 1.50 bits per heavy atom. The molecule has 1 aromatic rings. The summed E-state index contributed by atoms with van der Waals surface area (Å²) in [6, 6.07) is 4.01. The number of hydrogen-bond acceptors (Lipinski definition) is 2. The Balaban J connectivity index is 2.85. The molecule has 0 aliphatic heterocycles. The number of halogens is 1. The molecule has 0 aromatic carbocycles. The van der Waals surface area contributed by atoms with Crippen LogP contribution < -0.4 is 4.74 Å². The summed E-state index contributed by atoms with van der Waals surface area (Å²) < 4.78 is 5.21. The molecule has 2 nitrogen and oxygen atoms in total. The first-order chi connectivity index (χ1) is 6.59. The lowest BCUT2D eigenvalue weighted by Crippen LogP contribution is -2.17. The number of hydrogen-bond donors (Lipinski definition) is 0. The fourth-order valence-electron chi connectivity index (χ4n) is 1.31. The highest BCUT2D eigenvalue weighted by atomic mass is 79.9. The van der Waals surface area contributed by atoms with Crippen LogP contribution in [0, 0.1) is 5.41 Å². The van der Waals surface area contributed by atoms with Gasteiger partial charge in [-0.15, -0.1) is 0 Å². The number of nitrogens with zero attached hydrogens (tertiary/aromatic N) is 1. The van der Waals surface area contributed by atoms with Crippen molar-refractivity contribution in [2.75, 3.05) is 12.4 Å². The monoisotopic (exact) mass is 257 g/mol. The molecule has 0 saturated heterocycles. The van der Waals surface area contributed by atoms with Crippen LogP contribution in [0.25, 0.3) is 0 Å². The fourth-order valence-corrected chi connectivity index (χ4v) is 1.50. The van der Waals surface area contributed by atoms with Crippen LogP contribution in [0.15, 0.2) is 18.3 Å². The van der Waals surface area contributed by atoms with Crippen molar-refractivity contribution in [3.63, 3.8) is 0 Å². The molecule has 1 aromatic heterocycles. The number of ether oxygens (including phenoxy) is 1. The molecule has 0 saturated carbocycles. The van der Waals surface area contributed by atoms with Crippen LogP contribution >= 0.6 is 15.9 Å². The Hall–Kier alpha value is -0.570. The zero-order chi connectivity index (χ0) is 10.6. The van der Waals surface area contributed by atoms with Crippen molar-refractivity contribution in [3.05, 3.63) is 23.9 Å². The third kappa shape index (κ3) is 2.98. The van der Waals surface area contributed by atoms with E-state index in [2.05, 4.69) is 40.8 Å². The molecule has 0 spiro atoms. The van der Waals surface area contributed by atoms with Crippen molar-refractivity contribution in [2.45, 2.75) is 20.3 Å². The summed E-state index contributed by atoms with van der Waals surface area (Å²) in [4.78, 5) is 4.18. The van der Waals surface area contributed by atoms with Gasteiger partial charge in [-0.3, -0.25) is 0 Å². The molecular formula is C11H16BrNO. The molecule has 1 rings (SSSR count). The number of aromatic nitrogens is 1. The molecular weight excluding hydrogens is 242 g/mol. The van der Waals surface area contributed by atoms with Gasteiger partial charge < -0.3 is 4.74 Å². The molecule has 0 radical (unpaired) electrons. The summed E-state index contributed by atoms with van der Waals surface area (Å²) in [5.41, 5.74) is 1.40. The maximum absolute atomic E-state index is 5.21. The number of alkyl halides is 1. The Labute approximate surface area is 93.8 Å². The lowest BCUT2D eigenvalue weighted by atomic mass is 9.88. The van der Waals surface area contributed by atoms with E-state index in [4.69, 9.17) is 4.74 Å². The van der Waals surface area contributed by atoms with Crippen LogP contribution in [0.4, 0.5) is 0 Å². The van der Waals surface area contributed by atoms with E-state index in [-0.39, 0.29) is 5.41 Å². The van der Waals surface area contributed by atoms with Gasteiger partial charge in [-0.1, -0.05) is 35.8 Å². The molecule has 0 atom stereocenters. The zero-order valence-electron chi connectivity index (χ0n) is 8.88. The normalized spacial score (nSPS) is 11.4. The highest BCUT2D eigenvalue weighted by molar-refractivity contribution is 9.09. The van der Waals surface area contributed by atoms with Crippen LogP contribution in [0.2, 0.25) is 0 Å². The topological polar surface area (TPSA) is 22.1 Å². The molecule has 1 heterocycles. The molecule has 0 N–H and O–H groups in total. The van der Waals surface area contributed by atoms with E-state index in [1.54, 1.807) is 13.3 Å². The van der Waals surface area contributed by atoms with Gasteiger partial charge >= 0.3 is 0 Å². The quantitative estimate of drug-likeness (QED) is 0.774. The highest BCUT2D eigenvalue weighted by Gasteiger charge is 2.19. The largest absolute Gasteiger partial charge is 0.481 e. The van der Waals surface area contributed by atoms with Crippen LogP contribution in [0.5, 0.6) is 5.88 Å². The zero-order valence-corrected chi connectivity index (χ0v) is 10.5. The highest BCUT2D eigenvalue weighted by Crippen LogP contribution is 2.27. The molecule has 0 fully saturated rings. The van der Waals surface area contributed by atoms with E-state index >= 15 is 0 Å². The minimum atomic E-state index is 0.232. The minimum Gasteiger partial charge on any atom is -0.481 e. The summed E-state index contributed by atoms with van der Waals surface area (Å²) >= 11 is 3.51. The van der Waals surface area contributed by atoms with Crippen molar-refractivity contribution >= 4 is 15.9 Å². The molecule has 0 amide bonds. The van der Waals surface area contributed by atoms with Crippen molar-refractivity contribution in [3.8, 4) is 5.88 Å². The third-order valence-corrected chi connectivity index (χ3v) is 3.59. The third-order valence-electron chi connectivity index (χ3n) is 2.07. The maximum Gasteiger partial charge on any atom is 0.216 e. The maximum atomic E-state index is 5.21. The first-order valence-electron chi connectivity index (χ1n) is 4.63. The van der Waals surface area contributed by atoms with Crippen LogP contribution in [0.3, 0.4) is 0 Å². The summed E-state index contributed by atoms with van der Waals surface area (Å²) in [7, 11) is 1.66. The van der Waals surface area contributed by atoms with Gasteiger partial charge in [0, 0.05) is 17.1 Å². The van der Waals surface area contributed by atoms with E-state index in [0.29, 0.717) is 0 Å². The van der Waals surface area contributed by atoms with Crippen LogP contribution in [-0.4, -0.2) is 17.4 Å². The molecule has 78 valence electrons. The average Bonchev–Trinajstić information content (AvgIpc) is 2.18. The first kappa shape index (κ1) is 11.5. The minimum absolute atomic E-state index is 0.232. The molecule has 0 unspecified atom stereocenters. The van der Waals surface area contributed by atoms with E-state index in [1.165, 1.54) is 5.56 Å². The van der Waals surface area contributed by atoms with Gasteiger partial charge in [0.15, 0.2) is 0 Å². The standard InChI is InChI=1S/C11H16BrNO/c1-11(2,8-12)7-9-5-4-6-13-10(9)14-3/h4-6H,7-8H2,1-3H3. The summed E-state index contributed by atoms with van der Waals surface area (Å²) in [6.07, 6.45) is 2.72. The lowest BCUT2D eigenvalue weighted by Gasteiger charge is -2.22. The van der Waals surface area contributed by atoms with Crippen molar-refractivity contribution in [1.82, 2.24) is 4.98 Å². The molecule has 3 heteroatoms. The fraction of sp³-hybridized carbons (Fsp3) is 0.545. The number of pyridine rings is 1. The van der Waals surface area contributed by atoms with E-state index in [9.17, 15) is 0 Å². The Morgan fingerprint density at radius 2 is 2.21 bits per heavy atom. The van der Waals surface area contributed by atoms with Crippen LogP contribution in [-0.2, 0) is 6.42 Å². The molecule has 14 heavy (non-hydrogen) atoms. The predicted molar refractivity (Wildman–Crippen MR) is 62.1 cm³/mol. The Bertz CT molecular complexity index is 299. The molecule has 0 aliphatic rings. The smallest absolute Gasteiger partial charge is 0.216 e. The van der Waals surface area contributed by atoms with Gasteiger partial charge in [-0.05, 0) is 17.9 Å². The van der Waals surface area contributed by atoms with Crippen LogP contribution in [0.1, 0.15) is 19.4 Å². The predicted octanol–water partition coefficient (Wildman–Crippen LogP) is 3.05. The van der Waals surface area contributed by atoms with E-state index in [0.717, 1.165) is 17.6 Å². The van der Waals surface area contributed by atoms with E-state index in [1.807, 2.05) is 6.07 Å². The molecule has 0 bridgehead atoms. The van der Waals surface area contributed by atoms with Gasteiger partial charge in [0.2, 0.25) is 5.88 Å². The summed E-state index contributed by atoms with van der Waals surface area (Å²) in [5.74, 6) is 0.738. The lowest BCUT2D eigenvalue weighted by molar-refractivity contribution is 0.372. The number of rotatable bonds is 4. The van der Waals surface area contributed by atoms with Crippen molar-refractivity contribution in [1.29, 1.82) is 0 Å². The second-order valence-electron chi connectivity index (χ2n) is 4.15. The van der Waals surface area contributed by atoms with Gasteiger partial charge in [0.1, 0.15) is 0 Å². The van der Waals surface area contributed by atoms with Gasteiger partial charge in [0.05, 0.1) is 7.11 Å². The van der Waals surface area contributed by atoms with Gasteiger partial charge in [-0.2, -0.15) is 0 Å². The van der Waals surface area contributed by atoms with Crippen molar-refractivity contribution < 1.29 is 4.74 Å². The second kappa shape index (κ2) is 4.78. The summed E-state index contributed by atoms with van der Waals surface area (Å²) in [6.45, 7) is 4.43. The Kier molecular flexibility index (Phi) is 3.93.